The van der Waals surface area contributed by atoms with Crippen molar-refractivity contribution in [1.82, 2.24) is 9.71 Å². The molecule has 0 atom stereocenters. The number of amides is 1. The largest absolute Gasteiger partial charge is 1.00 e. The summed E-state index contributed by atoms with van der Waals surface area (Å²) in [4.78, 5) is 20.6. The van der Waals surface area contributed by atoms with Crippen LogP contribution in [0.15, 0.2) is 23.2 Å². The minimum absolute atomic E-state index is 0. The molecule has 27 heavy (non-hydrogen) atoms. The van der Waals surface area contributed by atoms with Crippen molar-refractivity contribution in [3.8, 4) is 11.4 Å². The van der Waals surface area contributed by atoms with Gasteiger partial charge in [-0.3, -0.25) is 0 Å². The molecule has 0 saturated heterocycles. The van der Waals surface area contributed by atoms with Crippen LogP contribution >= 0.6 is 0 Å². The first-order valence-corrected chi connectivity index (χ1v) is 9.03. The fraction of sp³-hybridized carbons (Fsp3) is 0.526. The molecule has 3 aliphatic rings. The van der Waals surface area contributed by atoms with Crippen LogP contribution in [0.5, 0.6) is 0 Å². The standard InChI is InChI=1S/C19H27N4O3.BrH/c1-6-23(7-2)11-15-17(12-23)22(25)16-10-13(8-9-14(16)21-15)20-18(24)26-19(3,4)5;/h8-10,25H,6-7,11-12H2,1-5H3;1H/q+1;/p-1/b20-13+;. The highest BCUT2D eigenvalue weighted by Crippen LogP contribution is 2.31. The van der Waals surface area contributed by atoms with Gasteiger partial charge in [-0.25, -0.2) is 9.78 Å². The molecule has 1 N–H and O–H groups in total. The highest BCUT2D eigenvalue weighted by atomic mass is 79.9. The van der Waals surface area contributed by atoms with Gasteiger partial charge in [0.2, 0.25) is 0 Å². The van der Waals surface area contributed by atoms with Gasteiger partial charge in [0.25, 0.3) is 0 Å². The highest BCUT2D eigenvalue weighted by Gasteiger charge is 2.37. The number of hydrogen-bond acceptors (Lipinski definition) is 4. The van der Waals surface area contributed by atoms with Gasteiger partial charge in [0.15, 0.2) is 0 Å². The van der Waals surface area contributed by atoms with Crippen molar-refractivity contribution < 1.29 is 36.2 Å². The second kappa shape index (κ2) is 7.59. The summed E-state index contributed by atoms with van der Waals surface area (Å²) < 4.78 is 7.31. The topological polar surface area (TPSA) is 76.7 Å². The minimum Gasteiger partial charge on any atom is -1.00 e. The fourth-order valence-corrected chi connectivity index (χ4v) is 3.36. The second-order valence-electron chi connectivity index (χ2n) is 7.87. The molecule has 0 bridgehead atoms. The number of halogens is 1. The van der Waals surface area contributed by atoms with Crippen molar-refractivity contribution >= 4 is 6.09 Å². The molecule has 0 spiro atoms. The van der Waals surface area contributed by atoms with Crippen LogP contribution in [0.25, 0.3) is 11.4 Å². The van der Waals surface area contributed by atoms with E-state index in [2.05, 4.69) is 18.8 Å². The van der Waals surface area contributed by atoms with Gasteiger partial charge >= 0.3 is 6.09 Å². The van der Waals surface area contributed by atoms with E-state index in [-0.39, 0.29) is 17.0 Å². The molecular formula is C19H27BrN4O3. The molecule has 148 valence electrons. The lowest BCUT2D eigenvalue weighted by Crippen LogP contribution is -3.00. The van der Waals surface area contributed by atoms with Crippen LogP contribution in [0.3, 0.4) is 0 Å². The lowest BCUT2D eigenvalue weighted by molar-refractivity contribution is -0.944. The Hall–Kier alpha value is -1.93. The predicted molar refractivity (Wildman–Crippen MR) is 96.6 cm³/mol. The van der Waals surface area contributed by atoms with E-state index in [9.17, 15) is 10.0 Å². The smallest absolute Gasteiger partial charge is 0.434 e. The summed E-state index contributed by atoms with van der Waals surface area (Å²) in [6.07, 6.45) is -0.650. The van der Waals surface area contributed by atoms with E-state index in [0.717, 1.165) is 42.0 Å². The number of ether oxygens (including phenoxy) is 1. The lowest BCUT2D eigenvalue weighted by Gasteiger charge is -2.30. The Kier molecular flexibility index (Phi) is 6.01. The molecule has 2 heterocycles. The number of carbonyl (C=O) groups is 1. The van der Waals surface area contributed by atoms with E-state index < -0.39 is 11.7 Å². The molecule has 2 aliphatic heterocycles. The first kappa shape index (κ1) is 21.4. The first-order valence-electron chi connectivity index (χ1n) is 9.03. The Morgan fingerprint density at radius 3 is 2.56 bits per heavy atom. The maximum absolute atomic E-state index is 11.9. The van der Waals surface area contributed by atoms with E-state index >= 15 is 0 Å². The number of carbonyl (C=O) groups excluding carboxylic acids is 1. The van der Waals surface area contributed by atoms with Gasteiger partial charge in [-0.1, -0.05) is 0 Å². The summed E-state index contributed by atoms with van der Waals surface area (Å²) in [5.41, 5.74) is 2.39. The monoisotopic (exact) mass is 438 g/mol. The summed E-state index contributed by atoms with van der Waals surface area (Å²) >= 11 is 0. The molecule has 1 amide bonds. The third kappa shape index (κ3) is 4.32. The number of fused-ring (bicyclic) bond motifs is 2. The van der Waals surface area contributed by atoms with Gasteiger partial charge in [-0.15, -0.1) is 0 Å². The average molecular weight is 439 g/mol. The zero-order chi connectivity index (χ0) is 19.1. The third-order valence-corrected chi connectivity index (χ3v) is 4.96. The Labute approximate surface area is 170 Å². The number of quaternary nitrogens is 1. The van der Waals surface area contributed by atoms with Crippen molar-refractivity contribution in [1.29, 1.82) is 0 Å². The molecule has 0 aromatic rings. The molecule has 0 fully saturated rings. The van der Waals surface area contributed by atoms with Crippen LogP contribution < -0.4 is 22.3 Å². The number of rotatable bonds is 2. The van der Waals surface area contributed by atoms with Crippen molar-refractivity contribution in [2.24, 2.45) is 4.99 Å². The molecule has 0 radical (unpaired) electrons. The van der Waals surface area contributed by atoms with E-state index in [1.54, 1.807) is 39.0 Å². The number of nitrogens with zero attached hydrogens (tertiary/aromatic N) is 4. The van der Waals surface area contributed by atoms with E-state index in [1.165, 1.54) is 4.73 Å². The van der Waals surface area contributed by atoms with Crippen LogP contribution in [0.2, 0.25) is 0 Å². The molecular weight excluding hydrogens is 412 g/mol. The third-order valence-electron chi connectivity index (χ3n) is 4.96. The molecule has 0 unspecified atom stereocenters. The van der Waals surface area contributed by atoms with Crippen LogP contribution in [0.4, 0.5) is 4.79 Å². The normalized spacial score (nSPS) is 16.1. The maximum Gasteiger partial charge on any atom is 0.434 e. The van der Waals surface area contributed by atoms with Crippen LogP contribution in [-0.2, 0) is 17.8 Å². The van der Waals surface area contributed by atoms with Crippen LogP contribution in [-0.4, -0.2) is 44.2 Å². The van der Waals surface area contributed by atoms with Crippen LogP contribution in [0, 0.1) is 0 Å². The van der Waals surface area contributed by atoms with E-state index in [0.29, 0.717) is 16.7 Å². The summed E-state index contributed by atoms with van der Waals surface area (Å²) in [5.74, 6) is 0. The van der Waals surface area contributed by atoms with Gasteiger partial charge in [0, 0.05) is 0 Å². The Morgan fingerprint density at radius 1 is 1.30 bits per heavy atom. The Balaban J connectivity index is 0.00000261. The van der Waals surface area contributed by atoms with Gasteiger partial charge in [0.1, 0.15) is 35.8 Å². The van der Waals surface area contributed by atoms with E-state index in [4.69, 9.17) is 9.72 Å². The number of benzene rings is 1. The first-order chi connectivity index (χ1) is 12.2. The number of hydrogen-bond donors (Lipinski definition) is 1. The molecule has 8 heteroatoms. The Morgan fingerprint density at radius 2 is 1.96 bits per heavy atom. The average Bonchev–Trinajstić information content (AvgIpc) is 2.94. The maximum atomic E-state index is 11.9. The molecule has 7 nitrogen and oxygen atoms in total. The molecule has 0 aromatic heterocycles. The molecule has 3 rings (SSSR count). The van der Waals surface area contributed by atoms with Crippen LogP contribution in [0.1, 0.15) is 46.0 Å². The lowest BCUT2D eigenvalue weighted by atomic mass is 10.2. The fourth-order valence-electron chi connectivity index (χ4n) is 3.36. The zero-order valence-electron chi connectivity index (χ0n) is 16.5. The number of aromatic nitrogens is 2. The minimum atomic E-state index is -0.650. The van der Waals surface area contributed by atoms with Crippen molar-refractivity contribution in [3.63, 3.8) is 0 Å². The van der Waals surface area contributed by atoms with Crippen molar-refractivity contribution in [2.45, 2.75) is 53.3 Å². The van der Waals surface area contributed by atoms with Crippen molar-refractivity contribution in [3.05, 3.63) is 34.9 Å². The summed E-state index contributed by atoms with van der Waals surface area (Å²) in [5, 5.41) is 11.2. The molecule has 1 aliphatic carbocycles. The van der Waals surface area contributed by atoms with E-state index in [1.807, 2.05) is 0 Å². The quantitative estimate of drug-likeness (QED) is 0.526. The molecule has 0 aromatic carbocycles. The Bertz CT molecular complexity index is 882. The van der Waals surface area contributed by atoms with Gasteiger partial charge in [0.05, 0.1) is 24.1 Å². The zero-order valence-corrected chi connectivity index (χ0v) is 18.1. The highest BCUT2D eigenvalue weighted by molar-refractivity contribution is 5.69. The van der Waals surface area contributed by atoms with Gasteiger partial charge < -0.3 is 31.4 Å². The van der Waals surface area contributed by atoms with Gasteiger partial charge in [-0.2, -0.15) is 9.72 Å². The van der Waals surface area contributed by atoms with Crippen molar-refractivity contribution in [2.75, 3.05) is 13.1 Å². The SMILES string of the molecule is CC[N+]1(CC)Cc2nc3cc/c(=N\C(=O)OC(C)(C)C)cc-3n(O)c2C1.[Br-]. The summed E-state index contributed by atoms with van der Waals surface area (Å²) in [7, 11) is 0. The predicted octanol–water partition coefficient (Wildman–Crippen LogP) is -0.0648. The summed E-state index contributed by atoms with van der Waals surface area (Å²) in [6.45, 7) is 13.2. The summed E-state index contributed by atoms with van der Waals surface area (Å²) in [6, 6.07) is 5.15. The molecule has 0 saturated carbocycles. The second-order valence-corrected chi connectivity index (χ2v) is 7.87. The van der Waals surface area contributed by atoms with Gasteiger partial charge in [-0.05, 0) is 52.8 Å².